The summed E-state index contributed by atoms with van der Waals surface area (Å²) in [6.07, 6.45) is 5.51. The fraction of sp³-hybridized carbons (Fsp3) is 0.465. The summed E-state index contributed by atoms with van der Waals surface area (Å²) in [6, 6.07) is 8.55. The van der Waals surface area contributed by atoms with Gasteiger partial charge in [0.2, 0.25) is 5.91 Å². The number of aryl methyl sites for hydroxylation is 3. The minimum atomic E-state index is -0.610. The zero-order chi connectivity index (χ0) is 38.6. The number of fused-ring (bicyclic) bond motifs is 8. The summed E-state index contributed by atoms with van der Waals surface area (Å²) >= 11 is 0. The van der Waals surface area contributed by atoms with E-state index >= 15 is 0 Å². The van der Waals surface area contributed by atoms with Crippen LogP contribution in [0.4, 0.5) is 0 Å². The molecule has 0 spiro atoms. The van der Waals surface area contributed by atoms with E-state index in [0.717, 1.165) is 97.8 Å². The van der Waals surface area contributed by atoms with Gasteiger partial charge in [-0.05, 0) is 115 Å². The van der Waals surface area contributed by atoms with Gasteiger partial charge in [-0.1, -0.05) is 32.2 Å². The molecular formula is C43H60N8O2. The molecule has 0 aromatic carbocycles. The average Bonchev–Trinajstić information content (AvgIpc) is 3.77. The van der Waals surface area contributed by atoms with Crippen molar-refractivity contribution in [1.82, 2.24) is 40.0 Å². The molecular weight excluding hydrogens is 661 g/mol. The number of rotatable bonds is 15. The van der Waals surface area contributed by atoms with Crippen LogP contribution in [0.1, 0.15) is 90.0 Å². The molecule has 53 heavy (non-hydrogen) atoms. The van der Waals surface area contributed by atoms with Crippen molar-refractivity contribution in [1.29, 1.82) is 0 Å². The number of aromatic nitrogens is 4. The standard InChI is InChI=1S/C43H60N8O2/c1-12-30-26(3)34-22-35-28(5)32(14-16-42(52)44-18-19-49(7)8)40(47-35)25-41-33(15-17-43(53)51(11)21-20-50(9)10)29(6)37(48-41)24-39-31(13-2)27(4)36(46-39)23-38(30)45-34/h12-13,22-25,28,32,42,44-45,48,52H,1-2,14-21H2,3-11H3. The molecule has 3 atom stereocenters. The second-order valence-corrected chi connectivity index (χ2v) is 15.3. The molecule has 10 heteroatoms. The van der Waals surface area contributed by atoms with Crippen LogP contribution in [0.3, 0.4) is 0 Å². The zero-order valence-corrected chi connectivity index (χ0v) is 33.4. The van der Waals surface area contributed by atoms with Gasteiger partial charge < -0.3 is 29.8 Å². The van der Waals surface area contributed by atoms with Crippen LogP contribution in [0, 0.1) is 13.8 Å². The monoisotopic (exact) mass is 720 g/mol. The number of nitrogens with zero attached hydrogens (tertiary/aromatic N) is 5. The highest BCUT2D eigenvalue weighted by Gasteiger charge is 2.30. The van der Waals surface area contributed by atoms with Crippen molar-refractivity contribution in [3.05, 3.63) is 88.5 Å². The minimum absolute atomic E-state index is 0.0824. The highest BCUT2D eigenvalue weighted by Crippen LogP contribution is 2.41. The van der Waals surface area contributed by atoms with E-state index in [-0.39, 0.29) is 17.7 Å². The van der Waals surface area contributed by atoms with Crippen molar-refractivity contribution in [2.45, 2.75) is 71.4 Å². The number of amides is 1. The van der Waals surface area contributed by atoms with Gasteiger partial charge in [-0.2, -0.15) is 0 Å². The lowest BCUT2D eigenvalue weighted by Crippen LogP contribution is -2.34. The van der Waals surface area contributed by atoms with Crippen LogP contribution in [0.2, 0.25) is 0 Å². The fourth-order valence-electron chi connectivity index (χ4n) is 7.41. The Morgan fingerprint density at radius 3 is 2.21 bits per heavy atom. The Morgan fingerprint density at radius 1 is 0.868 bits per heavy atom. The molecule has 3 aromatic heterocycles. The van der Waals surface area contributed by atoms with Crippen molar-refractivity contribution >= 4 is 45.2 Å². The predicted molar refractivity (Wildman–Crippen MR) is 221 cm³/mol. The van der Waals surface area contributed by atoms with E-state index in [1.54, 1.807) is 0 Å². The Bertz CT molecular complexity index is 2030. The third kappa shape index (κ3) is 9.07. The van der Waals surface area contributed by atoms with E-state index in [4.69, 9.17) is 9.97 Å². The van der Waals surface area contributed by atoms with E-state index in [0.29, 0.717) is 32.4 Å². The number of carbonyl (C=O) groups excluding carboxylic acids is 1. The SMILES string of the molecule is C=CC1=C(C)c2cc3[nH]c(cc4nc(cc5[nH]c(cc1n2)c(C)c5CCC(=O)N(C)CCN(C)C)C(CCC(O)NCCN(C)C)C4C)c(C)c3C=C. The molecule has 4 N–H and O–H groups in total. The molecule has 3 aromatic rings. The molecule has 8 bridgehead atoms. The van der Waals surface area contributed by atoms with Crippen LogP contribution in [0.25, 0.3) is 39.3 Å². The Labute approximate surface area is 315 Å². The van der Waals surface area contributed by atoms with Crippen LogP contribution in [0.15, 0.2) is 43.5 Å². The lowest BCUT2D eigenvalue weighted by Gasteiger charge is -2.20. The summed E-state index contributed by atoms with van der Waals surface area (Å²) in [7, 11) is 9.98. The smallest absolute Gasteiger partial charge is 0.222 e. The Balaban J connectivity index is 1.70. The normalized spacial score (nSPS) is 16.5. The summed E-state index contributed by atoms with van der Waals surface area (Å²) in [5, 5.41) is 14.2. The fourth-order valence-corrected chi connectivity index (χ4v) is 7.41. The van der Waals surface area contributed by atoms with Gasteiger partial charge in [0.05, 0.1) is 11.4 Å². The molecule has 5 rings (SSSR count). The number of aliphatic hydroxyl groups is 1. The van der Waals surface area contributed by atoms with E-state index in [1.807, 2.05) is 52.3 Å². The molecule has 2 aliphatic rings. The first-order chi connectivity index (χ1) is 25.2. The van der Waals surface area contributed by atoms with Crippen LogP contribution in [0.5, 0.6) is 0 Å². The third-order valence-corrected chi connectivity index (χ3v) is 11.0. The van der Waals surface area contributed by atoms with Crippen LogP contribution < -0.4 is 5.32 Å². The first-order valence-corrected chi connectivity index (χ1v) is 18.9. The summed E-state index contributed by atoms with van der Waals surface area (Å²) in [4.78, 5) is 37.2. The molecule has 5 heterocycles. The van der Waals surface area contributed by atoms with Crippen molar-refractivity contribution in [2.75, 3.05) is 61.4 Å². The average molecular weight is 721 g/mol. The molecule has 284 valence electrons. The molecule has 0 radical (unpaired) electrons. The second-order valence-electron chi connectivity index (χ2n) is 15.3. The van der Waals surface area contributed by atoms with Crippen LogP contribution in [-0.2, 0) is 11.2 Å². The number of allylic oxidation sites excluding steroid dienone is 3. The Hall–Kier alpha value is -4.35. The van der Waals surface area contributed by atoms with Gasteiger partial charge in [0.15, 0.2) is 0 Å². The summed E-state index contributed by atoms with van der Waals surface area (Å²) in [6.45, 7) is 19.9. The van der Waals surface area contributed by atoms with E-state index < -0.39 is 6.23 Å². The maximum Gasteiger partial charge on any atom is 0.222 e. The van der Waals surface area contributed by atoms with Crippen molar-refractivity contribution in [2.24, 2.45) is 0 Å². The minimum Gasteiger partial charge on any atom is -0.379 e. The third-order valence-electron chi connectivity index (χ3n) is 11.0. The van der Waals surface area contributed by atoms with Gasteiger partial charge >= 0.3 is 0 Å². The first-order valence-electron chi connectivity index (χ1n) is 18.9. The summed E-state index contributed by atoms with van der Waals surface area (Å²) in [5.41, 5.74) is 13.9. The van der Waals surface area contributed by atoms with Crippen molar-refractivity contribution in [3.63, 3.8) is 0 Å². The lowest BCUT2D eigenvalue weighted by atomic mass is 9.87. The number of nitrogens with one attached hydrogen (secondary N) is 3. The molecule has 0 saturated heterocycles. The van der Waals surface area contributed by atoms with Gasteiger partial charge in [0, 0.05) is 96.1 Å². The van der Waals surface area contributed by atoms with Gasteiger partial charge in [-0.15, -0.1) is 0 Å². The number of carbonyl (C=O) groups is 1. The number of aromatic amines is 2. The van der Waals surface area contributed by atoms with E-state index in [1.165, 1.54) is 0 Å². The number of hydrogen-bond acceptors (Lipinski definition) is 7. The first kappa shape index (κ1) is 39.8. The highest BCUT2D eigenvalue weighted by atomic mass is 16.3. The van der Waals surface area contributed by atoms with Crippen LogP contribution in [-0.4, -0.2) is 113 Å². The largest absolute Gasteiger partial charge is 0.379 e. The Morgan fingerprint density at radius 2 is 1.53 bits per heavy atom. The van der Waals surface area contributed by atoms with Crippen LogP contribution >= 0.6 is 0 Å². The molecule has 0 saturated carbocycles. The topological polar surface area (TPSA) is 116 Å². The Kier molecular flexibility index (Phi) is 12.9. The number of likely N-dealkylation sites (N-methyl/N-ethyl adjacent to an activating group) is 3. The molecule has 2 aliphatic heterocycles. The van der Waals surface area contributed by atoms with Gasteiger partial charge in [0.25, 0.3) is 0 Å². The summed E-state index contributed by atoms with van der Waals surface area (Å²) < 4.78 is 0. The molecule has 1 amide bonds. The number of H-pyrrole nitrogens is 2. The predicted octanol–water partition coefficient (Wildman–Crippen LogP) is 6.78. The number of aliphatic hydroxyl groups excluding tert-OH is 1. The maximum absolute atomic E-state index is 13.3. The molecule has 3 unspecified atom stereocenters. The van der Waals surface area contributed by atoms with Crippen molar-refractivity contribution < 1.29 is 9.90 Å². The molecule has 10 nitrogen and oxygen atoms in total. The maximum atomic E-state index is 13.3. The van der Waals surface area contributed by atoms with Gasteiger partial charge in [-0.25, -0.2) is 4.98 Å². The second kappa shape index (κ2) is 17.2. The quantitative estimate of drug-likeness (QED) is 0.128. The van der Waals surface area contributed by atoms with E-state index in [2.05, 4.69) is 90.2 Å². The number of hydrogen-bond donors (Lipinski definition) is 4. The van der Waals surface area contributed by atoms with Gasteiger partial charge in [-0.3, -0.25) is 15.1 Å². The van der Waals surface area contributed by atoms with Crippen molar-refractivity contribution in [3.8, 4) is 0 Å². The summed E-state index contributed by atoms with van der Waals surface area (Å²) in [5.74, 6) is 0.316. The molecule has 0 aliphatic carbocycles. The highest BCUT2D eigenvalue weighted by molar-refractivity contribution is 5.97. The van der Waals surface area contributed by atoms with E-state index in [9.17, 15) is 9.90 Å². The zero-order valence-electron chi connectivity index (χ0n) is 33.4. The molecule has 0 fully saturated rings. The van der Waals surface area contributed by atoms with Gasteiger partial charge in [0.1, 0.15) is 6.23 Å². The lowest BCUT2D eigenvalue weighted by molar-refractivity contribution is -0.129.